The van der Waals surface area contributed by atoms with Gasteiger partial charge in [-0.05, 0) is 53.5 Å². The second kappa shape index (κ2) is 11.0. The molecule has 0 aliphatic heterocycles. The standard InChI is InChI=1S/C26H30N2O5S/c1-34-14-13-23(25(30)31)27-24(29)20-11-6-12-22(20)28-26(32)33-15-21-18-9-4-2-7-16(18)17-8-3-5-10-19(17)21/h2-5,7-10,20-23H,6,11-15H2,1H3,(H,27,29)(H,28,32)(H,30,31)/t20-,22+,23+/m0/s1. The predicted molar refractivity (Wildman–Crippen MR) is 132 cm³/mol. The number of carbonyl (C=O) groups excluding carboxylic acids is 2. The maximum absolute atomic E-state index is 12.8. The van der Waals surface area contributed by atoms with E-state index in [1.165, 1.54) is 11.8 Å². The highest BCUT2D eigenvalue weighted by molar-refractivity contribution is 7.98. The van der Waals surface area contributed by atoms with Gasteiger partial charge in [0.25, 0.3) is 0 Å². The zero-order valence-corrected chi connectivity index (χ0v) is 20.0. The van der Waals surface area contributed by atoms with Crippen molar-refractivity contribution in [2.45, 2.75) is 43.7 Å². The fourth-order valence-electron chi connectivity index (χ4n) is 5.01. The van der Waals surface area contributed by atoms with Crippen LogP contribution in [0, 0.1) is 5.92 Å². The lowest BCUT2D eigenvalue weighted by Gasteiger charge is -2.23. The van der Waals surface area contributed by atoms with Crippen LogP contribution >= 0.6 is 11.8 Å². The first-order chi connectivity index (χ1) is 16.5. The van der Waals surface area contributed by atoms with Crippen molar-refractivity contribution in [3.05, 3.63) is 59.7 Å². The summed E-state index contributed by atoms with van der Waals surface area (Å²) in [7, 11) is 0. The van der Waals surface area contributed by atoms with E-state index >= 15 is 0 Å². The van der Waals surface area contributed by atoms with E-state index in [2.05, 4.69) is 34.9 Å². The summed E-state index contributed by atoms with van der Waals surface area (Å²) < 4.78 is 5.62. The molecule has 3 atom stereocenters. The van der Waals surface area contributed by atoms with E-state index in [4.69, 9.17) is 4.74 Å². The number of hydrogen-bond acceptors (Lipinski definition) is 5. The van der Waals surface area contributed by atoms with Gasteiger partial charge in [0, 0.05) is 12.0 Å². The molecule has 0 heterocycles. The van der Waals surface area contributed by atoms with Crippen molar-refractivity contribution in [2.24, 2.45) is 5.92 Å². The van der Waals surface area contributed by atoms with E-state index in [-0.39, 0.29) is 24.5 Å². The number of nitrogens with one attached hydrogen (secondary N) is 2. The molecule has 8 heteroatoms. The Morgan fingerprint density at radius 2 is 1.71 bits per heavy atom. The number of ether oxygens (including phenoxy) is 1. The van der Waals surface area contributed by atoms with Crippen LogP contribution < -0.4 is 10.6 Å². The molecule has 2 aromatic rings. The summed E-state index contributed by atoms with van der Waals surface area (Å²) in [4.78, 5) is 36.9. The molecule has 0 unspecified atom stereocenters. The smallest absolute Gasteiger partial charge is 0.407 e. The third-order valence-electron chi connectivity index (χ3n) is 6.72. The first kappa shape index (κ1) is 24.1. The first-order valence-electron chi connectivity index (χ1n) is 11.6. The molecule has 7 nitrogen and oxygen atoms in total. The maximum atomic E-state index is 12.8. The molecule has 2 aromatic carbocycles. The van der Waals surface area contributed by atoms with Crippen molar-refractivity contribution >= 4 is 29.7 Å². The monoisotopic (exact) mass is 482 g/mol. The van der Waals surface area contributed by atoms with Crippen molar-refractivity contribution in [1.29, 1.82) is 0 Å². The lowest BCUT2D eigenvalue weighted by atomic mass is 9.98. The van der Waals surface area contributed by atoms with Gasteiger partial charge >= 0.3 is 12.1 Å². The summed E-state index contributed by atoms with van der Waals surface area (Å²) in [6.07, 6.45) is 3.75. The van der Waals surface area contributed by atoms with Crippen molar-refractivity contribution in [2.75, 3.05) is 18.6 Å². The number of alkyl carbamates (subject to hydrolysis) is 1. The molecule has 0 radical (unpaired) electrons. The molecule has 180 valence electrons. The highest BCUT2D eigenvalue weighted by atomic mass is 32.2. The average Bonchev–Trinajstić information content (AvgIpc) is 3.42. The second-order valence-electron chi connectivity index (χ2n) is 8.79. The van der Waals surface area contributed by atoms with Gasteiger partial charge in [-0.15, -0.1) is 0 Å². The zero-order valence-electron chi connectivity index (χ0n) is 19.2. The van der Waals surface area contributed by atoms with Gasteiger partial charge in [-0.25, -0.2) is 9.59 Å². The van der Waals surface area contributed by atoms with E-state index in [9.17, 15) is 19.5 Å². The molecule has 1 fully saturated rings. The Morgan fingerprint density at radius 1 is 1.06 bits per heavy atom. The van der Waals surface area contributed by atoms with Crippen molar-refractivity contribution < 1.29 is 24.2 Å². The van der Waals surface area contributed by atoms with Gasteiger partial charge in [0.05, 0.1) is 5.92 Å². The normalized spacial score (nSPS) is 19.7. The zero-order chi connectivity index (χ0) is 24.1. The molecule has 2 aliphatic carbocycles. The van der Waals surface area contributed by atoms with Crippen LogP contribution in [0.2, 0.25) is 0 Å². The van der Waals surface area contributed by atoms with E-state index in [1.54, 1.807) is 0 Å². The van der Waals surface area contributed by atoms with Gasteiger partial charge in [0.2, 0.25) is 5.91 Å². The predicted octanol–water partition coefficient (Wildman–Crippen LogP) is 4.02. The maximum Gasteiger partial charge on any atom is 0.407 e. The number of carboxylic acid groups (broad SMARTS) is 1. The molecule has 2 amide bonds. The molecule has 0 bridgehead atoms. The Hall–Kier alpha value is -3.00. The Bertz CT molecular complexity index is 1010. The van der Waals surface area contributed by atoms with Gasteiger partial charge in [-0.3, -0.25) is 4.79 Å². The lowest BCUT2D eigenvalue weighted by molar-refractivity contribution is -0.142. The minimum Gasteiger partial charge on any atom is -0.480 e. The van der Waals surface area contributed by atoms with Crippen LogP contribution in [0.1, 0.15) is 42.7 Å². The van der Waals surface area contributed by atoms with E-state index in [0.29, 0.717) is 25.0 Å². The summed E-state index contributed by atoms with van der Waals surface area (Å²) >= 11 is 1.53. The molecule has 0 spiro atoms. The molecule has 1 saturated carbocycles. The second-order valence-corrected chi connectivity index (χ2v) is 9.78. The van der Waals surface area contributed by atoms with Crippen LogP contribution in [-0.4, -0.2) is 53.8 Å². The largest absolute Gasteiger partial charge is 0.480 e. The molecule has 2 aliphatic rings. The molecule has 3 N–H and O–H groups in total. The summed E-state index contributed by atoms with van der Waals surface area (Å²) in [5.74, 6) is -1.22. The molecule has 0 aromatic heterocycles. The summed E-state index contributed by atoms with van der Waals surface area (Å²) in [5.41, 5.74) is 4.60. The van der Waals surface area contributed by atoms with E-state index in [0.717, 1.165) is 28.7 Å². The number of amides is 2. The lowest BCUT2D eigenvalue weighted by Crippen LogP contribution is -2.49. The van der Waals surface area contributed by atoms with Gasteiger partial charge < -0.3 is 20.5 Å². The molecular weight excluding hydrogens is 452 g/mol. The Labute approximate surface area is 203 Å². The van der Waals surface area contributed by atoms with Crippen molar-refractivity contribution in [3.8, 4) is 11.1 Å². The highest BCUT2D eigenvalue weighted by Crippen LogP contribution is 2.44. The van der Waals surface area contributed by atoms with Crippen LogP contribution in [0.15, 0.2) is 48.5 Å². The summed E-state index contributed by atoms with van der Waals surface area (Å²) in [6.45, 7) is 0.208. The number of fused-ring (bicyclic) bond motifs is 3. The third-order valence-corrected chi connectivity index (χ3v) is 7.37. The number of carboxylic acids is 1. The topological polar surface area (TPSA) is 105 Å². The quantitative estimate of drug-likeness (QED) is 0.499. The Kier molecular flexibility index (Phi) is 7.77. The van der Waals surface area contributed by atoms with Gasteiger partial charge in [-0.1, -0.05) is 55.0 Å². The molecule has 34 heavy (non-hydrogen) atoms. The number of carbonyl (C=O) groups is 3. The number of thioether (sulfide) groups is 1. The van der Waals surface area contributed by atoms with Crippen molar-refractivity contribution in [1.82, 2.24) is 10.6 Å². The molecular formula is C26H30N2O5S. The van der Waals surface area contributed by atoms with Crippen LogP contribution in [0.3, 0.4) is 0 Å². The van der Waals surface area contributed by atoms with Crippen LogP contribution in [-0.2, 0) is 14.3 Å². The minimum atomic E-state index is -1.04. The van der Waals surface area contributed by atoms with Gasteiger partial charge in [-0.2, -0.15) is 11.8 Å². The van der Waals surface area contributed by atoms with Crippen LogP contribution in [0.4, 0.5) is 4.79 Å². The van der Waals surface area contributed by atoms with Crippen LogP contribution in [0.5, 0.6) is 0 Å². The fraction of sp³-hybridized carbons (Fsp3) is 0.423. The summed E-state index contributed by atoms with van der Waals surface area (Å²) in [6, 6.07) is 15.0. The Morgan fingerprint density at radius 3 is 2.32 bits per heavy atom. The number of rotatable bonds is 9. The SMILES string of the molecule is CSCC[C@@H](NC(=O)[C@H]1CCC[C@H]1NC(=O)OCC1c2ccccc2-c2ccccc21)C(=O)O. The molecule has 4 rings (SSSR count). The average molecular weight is 483 g/mol. The third kappa shape index (κ3) is 5.22. The number of benzene rings is 2. The van der Waals surface area contributed by atoms with Gasteiger partial charge in [0.1, 0.15) is 12.6 Å². The van der Waals surface area contributed by atoms with Gasteiger partial charge in [0.15, 0.2) is 0 Å². The number of aliphatic carboxylic acids is 1. The summed E-state index contributed by atoms with van der Waals surface area (Å²) in [5, 5.41) is 14.9. The number of hydrogen-bond donors (Lipinski definition) is 3. The van der Waals surface area contributed by atoms with E-state index in [1.807, 2.05) is 30.5 Å². The minimum absolute atomic E-state index is 0.0337. The van der Waals surface area contributed by atoms with Crippen molar-refractivity contribution in [3.63, 3.8) is 0 Å². The Balaban J connectivity index is 1.35. The first-order valence-corrected chi connectivity index (χ1v) is 13.0. The fourth-order valence-corrected chi connectivity index (χ4v) is 5.48. The van der Waals surface area contributed by atoms with E-state index < -0.39 is 24.0 Å². The highest BCUT2D eigenvalue weighted by Gasteiger charge is 2.36. The molecule has 0 saturated heterocycles. The van der Waals surface area contributed by atoms with Crippen LogP contribution in [0.25, 0.3) is 11.1 Å².